The first kappa shape index (κ1) is 36.0. The number of carboxylic acid groups (broad SMARTS) is 3. The molecule has 9 nitrogen and oxygen atoms in total. The summed E-state index contributed by atoms with van der Waals surface area (Å²) in [6.07, 6.45) is -0.954. The van der Waals surface area contributed by atoms with E-state index in [2.05, 4.69) is 37.9 Å². The van der Waals surface area contributed by atoms with Crippen LogP contribution < -0.4 is 0 Å². The lowest BCUT2D eigenvalue weighted by Crippen LogP contribution is -2.15. The summed E-state index contributed by atoms with van der Waals surface area (Å²) >= 11 is 11.7. The van der Waals surface area contributed by atoms with Crippen LogP contribution in [0.4, 0.5) is 0 Å². The fourth-order valence-electron chi connectivity index (χ4n) is 2.39. The zero-order valence-corrected chi connectivity index (χ0v) is 23.3. The van der Waals surface area contributed by atoms with E-state index in [1.54, 1.807) is 72.8 Å². The molecule has 3 rings (SSSR count). The third-order valence-corrected chi connectivity index (χ3v) is 6.03. The number of thiol groups is 3. The van der Waals surface area contributed by atoms with Gasteiger partial charge in [-0.2, -0.15) is 37.9 Å². The smallest absolute Gasteiger partial charge is 0.320 e. The summed E-state index contributed by atoms with van der Waals surface area (Å²) in [4.78, 5) is 31.3. The van der Waals surface area contributed by atoms with Gasteiger partial charge in [-0.05, 0) is 16.7 Å². The van der Waals surface area contributed by atoms with Gasteiger partial charge in [-0.1, -0.05) is 91.0 Å². The third-order valence-electron chi connectivity index (χ3n) is 4.47. The van der Waals surface area contributed by atoms with Crippen LogP contribution in [0.2, 0.25) is 0 Å². The Morgan fingerprint density at radius 1 is 0.513 bits per heavy atom. The van der Waals surface area contributed by atoms with Crippen LogP contribution in [0.25, 0.3) is 0 Å². The molecule has 0 saturated heterocycles. The summed E-state index contributed by atoms with van der Waals surface area (Å²) in [6, 6.07) is 26.7. The minimum atomic E-state index is -0.954. The second kappa shape index (κ2) is 20.9. The highest BCUT2D eigenvalue weighted by Gasteiger charge is 2.14. The van der Waals surface area contributed by atoms with Gasteiger partial charge >= 0.3 is 17.9 Å². The molecule has 3 unspecified atom stereocenters. The molecule has 3 aromatic carbocycles. The van der Waals surface area contributed by atoms with Crippen LogP contribution >= 0.6 is 37.9 Å². The van der Waals surface area contributed by atoms with Crippen LogP contribution in [0.1, 0.15) is 32.4 Å². The maximum atomic E-state index is 10.4. The highest BCUT2D eigenvalue weighted by Crippen LogP contribution is 2.20. The van der Waals surface area contributed by atoms with E-state index in [9.17, 15) is 14.4 Å². The van der Waals surface area contributed by atoms with E-state index in [1.807, 2.05) is 18.2 Å². The quantitative estimate of drug-likeness (QED) is 0.176. The van der Waals surface area contributed by atoms with E-state index in [4.69, 9.17) is 30.6 Å². The van der Waals surface area contributed by atoms with Crippen molar-refractivity contribution in [2.24, 2.45) is 0 Å². The van der Waals surface area contributed by atoms with Gasteiger partial charge in [0.05, 0.1) is 13.2 Å². The molecule has 0 bridgehead atoms. The molecule has 212 valence electrons. The van der Waals surface area contributed by atoms with Gasteiger partial charge in [0.25, 0.3) is 0 Å². The molecule has 0 aliphatic carbocycles. The Bertz CT molecular complexity index is 951. The molecular weight excluding hydrogens is 564 g/mol. The second-order valence-corrected chi connectivity index (χ2v) is 9.02. The van der Waals surface area contributed by atoms with E-state index in [0.717, 1.165) is 0 Å². The molecular formula is C27H32O9S3. The second-order valence-electron chi connectivity index (χ2n) is 7.47. The Morgan fingerprint density at radius 2 is 0.718 bits per heavy atom. The van der Waals surface area contributed by atoms with Gasteiger partial charge in [-0.15, -0.1) is 0 Å². The van der Waals surface area contributed by atoms with Crippen LogP contribution in [0, 0.1) is 0 Å². The normalized spacial score (nSPS) is 12.1. The van der Waals surface area contributed by atoms with Crippen LogP contribution in [0.3, 0.4) is 0 Å². The monoisotopic (exact) mass is 596 g/mol. The van der Waals surface area contributed by atoms with Gasteiger partial charge in [0.2, 0.25) is 0 Å². The molecule has 6 N–H and O–H groups in total. The van der Waals surface area contributed by atoms with Crippen LogP contribution in [-0.2, 0) is 14.4 Å². The van der Waals surface area contributed by atoms with Gasteiger partial charge in [-0.25, -0.2) is 0 Å². The number of hydrogen-bond donors (Lipinski definition) is 9. The maximum Gasteiger partial charge on any atom is 0.320 e. The van der Waals surface area contributed by atoms with Crippen molar-refractivity contribution in [2.75, 3.05) is 13.2 Å². The van der Waals surface area contributed by atoms with Crippen LogP contribution in [0.15, 0.2) is 91.0 Å². The number of aliphatic carboxylic acids is 3. The number of hydrogen-bond acceptors (Lipinski definition) is 9. The highest BCUT2D eigenvalue weighted by molar-refractivity contribution is 7.81. The maximum absolute atomic E-state index is 10.4. The van der Waals surface area contributed by atoms with Gasteiger partial charge in [-0.3, -0.25) is 14.4 Å². The van der Waals surface area contributed by atoms with E-state index in [-0.39, 0.29) is 13.2 Å². The molecule has 3 atom stereocenters. The predicted molar refractivity (Wildman–Crippen MR) is 158 cm³/mol. The lowest BCUT2D eigenvalue weighted by atomic mass is 10.1. The minimum absolute atomic E-state index is 0.365. The molecule has 0 aliphatic rings. The summed E-state index contributed by atoms with van der Waals surface area (Å²) in [5, 5.41) is 47.6. The van der Waals surface area contributed by atoms with E-state index >= 15 is 0 Å². The van der Waals surface area contributed by atoms with E-state index < -0.39 is 39.8 Å². The SMILES string of the molecule is O=C(O)C(S)c1ccccc1.O=C(O)C(S)c1ccccc1.O=C(O)C(S)c1ccccc1.OCC(O)CO. The number of aliphatic hydroxyl groups is 3. The number of rotatable bonds is 8. The van der Waals surface area contributed by atoms with Gasteiger partial charge in [0.1, 0.15) is 21.9 Å². The number of carbonyl (C=O) groups is 3. The summed E-state index contributed by atoms with van der Waals surface area (Å²) in [6.45, 7) is -0.729. The van der Waals surface area contributed by atoms with E-state index in [1.165, 1.54) is 0 Å². The fraction of sp³-hybridized carbons (Fsp3) is 0.222. The zero-order valence-electron chi connectivity index (χ0n) is 20.6. The molecule has 0 aliphatic heterocycles. The zero-order chi connectivity index (χ0) is 29.8. The molecule has 39 heavy (non-hydrogen) atoms. The average Bonchev–Trinajstić information content (AvgIpc) is 2.97. The Balaban J connectivity index is 0.000000505. The van der Waals surface area contributed by atoms with Crippen molar-refractivity contribution >= 4 is 55.8 Å². The Morgan fingerprint density at radius 3 is 0.846 bits per heavy atom. The minimum Gasteiger partial charge on any atom is -0.480 e. The first-order valence-corrected chi connectivity index (χ1v) is 12.8. The number of carboxylic acids is 3. The lowest BCUT2D eigenvalue weighted by molar-refractivity contribution is -0.137. The molecule has 0 radical (unpaired) electrons. The molecule has 0 amide bonds. The Kier molecular flexibility index (Phi) is 19.3. The van der Waals surface area contributed by atoms with Crippen molar-refractivity contribution in [3.8, 4) is 0 Å². The summed E-state index contributed by atoms with van der Waals surface area (Å²) in [7, 11) is 0. The van der Waals surface area contributed by atoms with Crippen molar-refractivity contribution in [2.45, 2.75) is 21.9 Å². The van der Waals surface area contributed by atoms with Crippen molar-refractivity contribution in [3.63, 3.8) is 0 Å². The van der Waals surface area contributed by atoms with Gasteiger partial charge < -0.3 is 30.6 Å². The topological polar surface area (TPSA) is 173 Å². The van der Waals surface area contributed by atoms with Gasteiger partial charge in [0.15, 0.2) is 0 Å². The van der Waals surface area contributed by atoms with E-state index in [0.29, 0.717) is 16.7 Å². The molecule has 0 spiro atoms. The van der Waals surface area contributed by atoms with Crippen molar-refractivity contribution in [1.82, 2.24) is 0 Å². The Hall–Kier alpha value is -3.00. The fourth-order valence-corrected chi connectivity index (χ4v) is 2.91. The van der Waals surface area contributed by atoms with Crippen LogP contribution in [-0.4, -0.2) is 67.9 Å². The average molecular weight is 597 g/mol. The van der Waals surface area contributed by atoms with Crippen LogP contribution in [0.5, 0.6) is 0 Å². The third kappa shape index (κ3) is 15.9. The standard InChI is InChI=1S/3C8H8O2S.C3H8O3/c3*9-8(10)7(11)6-4-2-1-3-5-6;4-1-3(6)2-5/h3*1-5,7,11H,(H,9,10);3-6H,1-2H2. The van der Waals surface area contributed by atoms with Crippen molar-refractivity contribution in [3.05, 3.63) is 108 Å². The van der Waals surface area contributed by atoms with Gasteiger partial charge in [0, 0.05) is 0 Å². The molecule has 0 fully saturated rings. The molecule has 12 heteroatoms. The van der Waals surface area contributed by atoms with Crippen molar-refractivity contribution < 1.29 is 45.0 Å². The number of aliphatic hydroxyl groups excluding tert-OH is 3. The Labute approximate surface area is 243 Å². The molecule has 0 saturated carbocycles. The lowest BCUT2D eigenvalue weighted by Gasteiger charge is -2.03. The van der Waals surface area contributed by atoms with Crippen molar-refractivity contribution in [1.29, 1.82) is 0 Å². The summed E-state index contributed by atoms with van der Waals surface area (Å²) in [5.41, 5.74) is 2.13. The molecule has 3 aromatic rings. The summed E-state index contributed by atoms with van der Waals surface area (Å²) in [5.74, 6) is -2.75. The largest absolute Gasteiger partial charge is 0.480 e. The molecule has 0 heterocycles. The highest BCUT2D eigenvalue weighted by atomic mass is 32.1. The first-order chi connectivity index (χ1) is 18.5. The predicted octanol–water partition coefficient (Wildman–Crippen LogP) is 3.56. The molecule has 0 aromatic heterocycles. The summed E-state index contributed by atoms with van der Waals surface area (Å²) < 4.78 is 0. The first-order valence-electron chi connectivity index (χ1n) is 11.2. The number of benzene rings is 3.